The van der Waals surface area contributed by atoms with E-state index in [2.05, 4.69) is 15.3 Å². The van der Waals surface area contributed by atoms with E-state index >= 15 is 0 Å². The van der Waals surface area contributed by atoms with Crippen molar-refractivity contribution in [3.63, 3.8) is 0 Å². The van der Waals surface area contributed by atoms with Crippen molar-refractivity contribution in [3.8, 4) is 0 Å². The Morgan fingerprint density at radius 3 is 2.73 bits per heavy atom. The van der Waals surface area contributed by atoms with Gasteiger partial charge in [0.25, 0.3) is 0 Å². The lowest BCUT2D eigenvalue weighted by Crippen LogP contribution is -2.06. The Morgan fingerprint density at radius 1 is 1.45 bits per heavy atom. The minimum atomic E-state index is -1.14. The van der Waals surface area contributed by atoms with E-state index in [9.17, 15) is 8.78 Å². The molecule has 1 radical (unpaired) electrons. The van der Waals surface area contributed by atoms with Crippen molar-refractivity contribution in [2.45, 2.75) is 0 Å². The number of hydrogen-bond donors (Lipinski definition) is 1. The second kappa shape index (κ2) is 3.20. The molecule has 1 aromatic heterocycles. The van der Waals surface area contributed by atoms with Gasteiger partial charge in [0.1, 0.15) is 5.82 Å². The molecule has 0 saturated carbocycles. The zero-order valence-corrected chi connectivity index (χ0v) is 5.43. The summed E-state index contributed by atoms with van der Waals surface area (Å²) in [7, 11) is 0. The first-order valence-corrected chi connectivity index (χ1v) is 2.81. The molecule has 0 amide bonds. The molecule has 6 heteroatoms. The molecule has 0 aliphatic heterocycles. The summed E-state index contributed by atoms with van der Waals surface area (Å²) in [5.74, 6) is -0.974. The zero-order chi connectivity index (χ0) is 8.27. The van der Waals surface area contributed by atoms with Gasteiger partial charge >= 0.3 is 6.08 Å². The lowest BCUT2D eigenvalue weighted by Gasteiger charge is -1.99. The van der Waals surface area contributed by atoms with Crippen molar-refractivity contribution >= 4 is 5.82 Å². The summed E-state index contributed by atoms with van der Waals surface area (Å²) in [6, 6.07) is 0.914. The lowest BCUT2D eigenvalue weighted by atomic mass is 10.6. The van der Waals surface area contributed by atoms with Crippen molar-refractivity contribution in [2.75, 3.05) is 12.0 Å². The summed E-state index contributed by atoms with van der Waals surface area (Å²) in [6.45, 7) is -0.185. The summed E-state index contributed by atoms with van der Waals surface area (Å²) in [6.07, 6.45) is -1.14. The molecule has 0 aromatic carbocycles. The van der Waals surface area contributed by atoms with Gasteiger partial charge in [0.05, 0.1) is 6.67 Å². The summed E-state index contributed by atoms with van der Waals surface area (Å²) >= 11 is 0. The van der Waals surface area contributed by atoms with Crippen LogP contribution in [-0.2, 0) is 0 Å². The van der Waals surface area contributed by atoms with Crippen LogP contribution in [-0.4, -0.2) is 16.6 Å². The highest BCUT2D eigenvalue weighted by Gasteiger charge is 2.00. The number of nitrogens with one attached hydrogen (secondary N) is 2. The van der Waals surface area contributed by atoms with E-state index in [-0.39, 0.29) is 12.5 Å². The van der Waals surface area contributed by atoms with Gasteiger partial charge in [-0.05, 0) is 0 Å². The van der Waals surface area contributed by atoms with Gasteiger partial charge in [-0.2, -0.15) is 18.7 Å². The highest BCUT2D eigenvalue weighted by molar-refractivity contribution is 5.31. The van der Waals surface area contributed by atoms with Crippen LogP contribution in [0.3, 0.4) is 0 Å². The van der Waals surface area contributed by atoms with Gasteiger partial charge in [0, 0.05) is 6.07 Å². The van der Waals surface area contributed by atoms with Crippen molar-refractivity contribution < 1.29 is 8.78 Å². The first-order chi connectivity index (χ1) is 5.22. The highest BCUT2D eigenvalue weighted by Crippen LogP contribution is 2.03. The number of aromatic nitrogens is 2. The zero-order valence-electron chi connectivity index (χ0n) is 5.43. The lowest BCUT2D eigenvalue weighted by molar-refractivity contribution is 0.484. The van der Waals surface area contributed by atoms with Gasteiger partial charge < -0.3 is 5.32 Å². The summed E-state index contributed by atoms with van der Waals surface area (Å²) in [4.78, 5) is 5.95. The average Bonchev–Trinajstić information content (AvgIpc) is 1.85. The molecule has 0 bridgehead atoms. The van der Waals surface area contributed by atoms with Gasteiger partial charge in [-0.1, -0.05) is 0 Å². The van der Waals surface area contributed by atoms with Crippen molar-refractivity contribution in [2.24, 2.45) is 0 Å². The monoisotopic (exact) mass is 159 g/mol. The molecule has 0 aliphatic rings. The fraction of sp³-hybridized carbons (Fsp3) is 0.200. The molecule has 0 saturated heterocycles. The topological polar surface area (TPSA) is 61.6 Å². The van der Waals surface area contributed by atoms with Crippen LogP contribution >= 0.6 is 0 Å². The van der Waals surface area contributed by atoms with E-state index in [1.807, 2.05) is 0 Å². The van der Waals surface area contributed by atoms with Crippen molar-refractivity contribution in [1.29, 1.82) is 0 Å². The molecular weight excluding hydrogens is 154 g/mol. The van der Waals surface area contributed by atoms with E-state index in [1.165, 1.54) is 0 Å². The molecule has 4 nitrogen and oxygen atoms in total. The quantitative estimate of drug-likeness (QED) is 0.502. The SMILES string of the molecule is [NH]CNc1cc(F)nc(F)n1. The Morgan fingerprint density at radius 2 is 2.18 bits per heavy atom. The molecule has 2 N–H and O–H groups in total. The standard InChI is InChI=1S/C5H5F2N4/c6-3-1-4(9-2-8)11-5(7)10-3/h1,8H,2H2,(H,9,10,11). The molecule has 1 aromatic rings. The first kappa shape index (κ1) is 7.80. The maximum atomic E-state index is 12.3. The van der Waals surface area contributed by atoms with Crippen LogP contribution in [0.1, 0.15) is 0 Å². The minimum absolute atomic E-state index is 0.0231. The summed E-state index contributed by atoms with van der Waals surface area (Å²) < 4.78 is 24.4. The molecule has 59 valence electrons. The first-order valence-electron chi connectivity index (χ1n) is 2.81. The van der Waals surface area contributed by atoms with Gasteiger partial charge in [-0.15, -0.1) is 0 Å². The second-order valence-corrected chi connectivity index (χ2v) is 1.70. The Bertz CT molecular complexity index is 232. The molecule has 11 heavy (non-hydrogen) atoms. The third kappa shape index (κ3) is 2.08. The van der Waals surface area contributed by atoms with Crippen molar-refractivity contribution in [1.82, 2.24) is 15.7 Å². The normalized spacial score (nSPS) is 9.73. The number of rotatable bonds is 2. The second-order valence-electron chi connectivity index (χ2n) is 1.70. The molecule has 0 atom stereocenters. The van der Waals surface area contributed by atoms with E-state index < -0.39 is 12.0 Å². The molecule has 0 unspecified atom stereocenters. The Kier molecular flexibility index (Phi) is 2.27. The molecular formula is C5H5F2N4. The summed E-state index contributed by atoms with van der Waals surface area (Å²) in [5.41, 5.74) is 6.66. The molecule has 0 fully saturated rings. The number of anilines is 1. The molecule has 0 aliphatic carbocycles. The average molecular weight is 159 g/mol. The summed E-state index contributed by atoms with van der Waals surface area (Å²) in [5, 5.41) is 2.32. The van der Waals surface area contributed by atoms with Crippen LogP contribution in [0, 0.1) is 12.0 Å². The van der Waals surface area contributed by atoms with Crippen LogP contribution in [0.5, 0.6) is 0 Å². The van der Waals surface area contributed by atoms with Crippen LogP contribution in [0.15, 0.2) is 6.07 Å². The van der Waals surface area contributed by atoms with Crippen LogP contribution in [0.4, 0.5) is 14.6 Å². The van der Waals surface area contributed by atoms with Crippen LogP contribution < -0.4 is 11.1 Å². The smallest absolute Gasteiger partial charge is 0.313 e. The number of halogens is 2. The Hall–Kier alpha value is -1.30. The minimum Gasteiger partial charge on any atom is -0.356 e. The van der Waals surface area contributed by atoms with Crippen LogP contribution in [0.2, 0.25) is 0 Å². The number of nitrogens with zero attached hydrogens (tertiary/aromatic N) is 2. The third-order valence-electron chi connectivity index (χ3n) is 0.937. The molecule has 0 spiro atoms. The predicted molar refractivity (Wildman–Crippen MR) is 33.5 cm³/mol. The van der Waals surface area contributed by atoms with E-state index in [4.69, 9.17) is 5.73 Å². The molecule has 1 heterocycles. The van der Waals surface area contributed by atoms with Gasteiger partial charge in [-0.3, -0.25) is 0 Å². The van der Waals surface area contributed by atoms with Gasteiger partial charge in [-0.25, -0.2) is 5.73 Å². The fourth-order valence-electron chi connectivity index (χ4n) is 0.571. The van der Waals surface area contributed by atoms with E-state index in [0.29, 0.717) is 0 Å². The third-order valence-corrected chi connectivity index (χ3v) is 0.937. The fourth-order valence-corrected chi connectivity index (χ4v) is 0.571. The van der Waals surface area contributed by atoms with Crippen LogP contribution in [0.25, 0.3) is 0 Å². The highest BCUT2D eigenvalue weighted by atomic mass is 19.1. The van der Waals surface area contributed by atoms with Gasteiger partial charge in [0.15, 0.2) is 0 Å². The van der Waals surface area contributed by atoms with Gasteiger partial charge in [0.2, 0.25) is 5.95 Å². The Labute approximate surface area is 61.5 Å². The molecule has 1 rings (SSSR count). The largest absolute Gasteiger partial charge is 0.356 e. The predicted octanol–water partition coefficient (Wildman–Crippen LogP) is 0.407. The van der Waals surface area contributed by atoms with Crippen molar-refractivity contribution in [3.05, 3.63) is 18.1 Å². The maximum Gasteiger partial charge on any atom is 0.313 e. The maximum absolute atomic E-state index is 12.3. The van der Waals surface area contributed by atoms with E-state index in [1.54, 1.807) is 0 Å². The Balaban J connectivity index is 2.89. The number of hydrogen-bond acceptors (Lipinski definition) is 3. The van der Waals surface area contributed by atoms with E-state index in [0.717, 1.165) is 6.07 Å².